The van der Waals surface area contributed by atoms with E-state index in [9.17, 15) is 0 Å². The highest BCUT2D eigenvalue weighted by Gasteiger charge is 2.28. The largest absolute Gasteiger partial charge is 0.456 e. The third kappa shape index (κ3) is 9.01. The SMILES string of the molecule is CCC1=C(N)Nc2cc(C(C)(N)c3cccs3)ccc2O1.CCCC1=C(N)Nc2cc(C(C)(N)c3cccs3)ccc2O1.Cl.Cl.Cl.Cl. The van der Waals surface area contributed by atoms with E-state index in [1.165, 1.54) is 0 Å². The summed E-state index contributed by atoms with van der Waals surface area (Å²) in [7, 11) is 0. The van der Waals surface area contributed by atoms with Crippen molar-refractivity contribution in [2.24, 2.45) is 22.9 Å². The Morgan fingerprint density at radius 1 is 0.660 bits per heavy atom. The molecule has 4 aromatic rings. The Morgan fingerprint density at radius 3 is 1.47 bits per heavy atom. The number of fused-ring (bicyclic) bond motifs is 2. The van der Waals surface area contributed by atoms with Gasteiger partial charge in [0.25, 0.3) is 0 Å². The fraction of sp³-hybridized carbons (Fsp3) is 0.273. The summed E-state index contributed by atoms with van der Waals surface area (Å²) in [4.78, 5) is 2.25. The van der Waals surface area contributed by atoms with Gasteiger partial charge in [-0.05, 0) is 78.6 Å². The second kappa shape index (κ2) is 17.6. The summed E-state index contributed by atoms with van der Waals surface area (Å²) in [5.74, 6) is 4.30. The van der Waals surface area contributed by atoms with Crippen LogP contribution in [0.4, 0.5) is 11.4 Å². The Kier molecular flexibility index (Phi) is 15.8. The molecule has 47 heavy (non-hydrogen) atoms. The summed E-state index contributed by atoms with van der Waals surface area (Å²) in [5.41, 5.74) is 27.8. The van der Waals surface area contributed by atoms with Crippen LogP contribution in [0.2, 0.25) is 0 Å². The molecule has 10 N–H and O–H groups in total. The molecule has 2 aromatic heterocycles. The molecule has 2 unspecified atom stereocenters. The maximum absolute atomic E-state index is 6.55. The molecule has 0 spiro atoms. The lowest BCUT2D eigenvalue weighted by Gasteiger charge is -2.28. The molecule has 0 bridgehead atoms. The van der Waals surface area contributed by atoms with Crippen molar-refractivity contribution in [1.82, 2.24) is 0 Å². The number of thiophene rings is 2. The van der Waals surface area contributed by atoms with Gasteiger partial charge < -0.3 is 43.0 Å². The van der Waals surface area contributed by atoms with Crippen LogP contribution >= 0.6 is 72.3 Å². The van der Waals surface area contributed by atoms with Crippen LogP contribution in [0.3, 0.4) is 0 Å². The van der Waals surface area contributed by atoms with Crippen LogP contribution in [0.1, 0.15) is 67.8 Å². The maximum Gasteiger partial charge on any atom is 0.150 e. The van der Waals surface area contributed by atoms with Crippen LogP contribution in [0, 0.1) is 0 Å². The van der Waals surface area contributed by atoms with Gasteiger partial charge >= 0.3 is 0 Å². The average molecular weight is 763 g/mol. The molecule has 0 saturated heterocycles. The van der Waals surface area contributed by atoms with Gasteiger partial charge in [0.05, 0.1) is 22.5 Å². The van der Waals surface area contributed by atoms with Crippen molar-refractivity contribution in [2.45, 2.75) is 58.0 Å². The monoisotopic (exact) mass is 760 g/mol. The lowest BCUT2D eigenvalue weighted by molar-refractivity contribution is 0.389. The van der Waals surface area contributed by atoms with Crippen LogP contribution in [0.5, 0.6) is 11.5 Å². The van der Waals surface area contributed by atoms with Crippen LogP contribution in [-0.4, -0.2) is 0 Å². The molecule has 4 heterocycles. The van der Waals surface area contributed by atoms with Gasteiger partial charge in [-0.25, -0.2) is 0 Å². The minimum atomic E-state index is -0.535. The molecule has 2 aliphatic rings. The standard InChI is InChI=1S/C17H21N3OS.C16H19N3OS.4ClH/c1-3-5-14-16(18)20-12-10-11(7-8-13(12)21-14)17(2,19)15-6-4-9-22-15;1-3-12-15(17)19-11-9-10(6-7-13(11)20-12)16(2,18)14-5-4-8-21-14;;;;/h4,6-10,20H,3,5,18-19H2,1-2H3;4-9,19H,3,17-18H2,1-2H3;4*1H. The molecule has 2 aliphatic heterocycles. The molecule has 14 heteroatoms. The summed E-state index contributed by atoms with van der Waals surface area (Å²) in [5, 5.41) is 10.5. The summed E-state index contributed by atoms with van der Waals surface area (Å²) >= 11 is 3.31. The Balaban J connectivity index is 0.000000433. The molecular weight excluding hydrogens is 718 g/mol. The van der Waals surface area contributed by atoms with E-state index in [4.69, 9.17) is 32.4 Å². The smallest absolute Gasteiger partial charge is 0.150 e. The zero-order chi connectivity index (χ0) is 30.8. The summed E-state index contributed by atoms with van der Waals surface area (Å²) in [6.07, 6.45) is 2.57. The number of hydrogen-bond acceptors (Lipinski definition) is 10. The number of benzene rings is 2. The molecule has 2 atom stereocenters. The number of hydrogen-bond donors (Lipinski definition) is 6. The molecule has 0 radical (unpaired) electrons. The first-order valence-electron chi connectivity index (χ1n) is 14.4. The number of ether oxygens (including phenoxy) is 2. The first-order valence-corrected chi connectivity index (χ1v) is 16.1. The van der Waals surface area contributed by atoms with E-state index in [0.717, 1.165) is 74.5 Å². The fourth-order valence-electron chi connectivity index (χ4n) is 4.99. The molecular formula is C33H44Cl4N6O2S2. The highest BCUT2D eigenvalue weighted by atomic mass is 35.5. The van der Waals surface area contributed by atoms with Crippen molar-refractivity contribution in [3.05, 3.63) is 115 Å². The normalized spacial score (nSPS) is 15.2. The molecule has 0 amide bonds. The Morgan fingerprint density at radius 2 is 1.09 bits per heavy atom. The predicted octanol–water partition coefficient (Wildman–Crippen LogP) is 8.70. The van der Waals surface area contributed by atoms with Gasteiger partial charge in [-0.3, -0.25) is 0 Å². The van der Waals surface area contributed by atoms with Crippen molar-refractivity contribution < 1.29 is 9.47 Å². The summed E-state index contributed by atoms with van der Waals surface area (Å²) in [6.45, 7) is 8.15. The van der Waals surface area contributed by atoms with Gasteiger partial charge in [0.1, 0.15) is 23.2 Å². The quantitative estimate of drug-likeness (QED) is 0.110. The van der Waals surface area contributed by atoms with Crippen molar-refractivity contribution >= 4 is 83.7 Å². The number of halogens is 4. The van der Waals surface area contributed by atoms with Gasteiger partial charge in [-0.15, -0.1) is 72.3 Å². The van der Waals surface area contributed by atoms with Gasteiger partial charge in [0.15, 0.2) is 11.5 Å². The van der Waals surface area contributed by atoms with Gasteiger partial charge in [0.2, 0.25) is 0 Å². The minimum Gasteiger partial charge on any atom is -0.456 e. The lowest BCUT2D eigenvalue weighted by Crippen LogP contribution is -2.33. The van der Waals surface area contributed by atoms with Crippen LogP contribution in [0.15, 0.2) is 94.6 Å². The number of rotatable bonds is 7. The van der Waals surface area contributed by atoms with E-state index >= 15 is 0 Å². The number of nitrogens with two attached hydrogens (primary N) is 4. The van der Waals surface area contributed by atoms with Crippen LogP contribution in [-0.2, 0) is 11.1 Å². The minimum absolute atomic E-state index is 0. The first-order chi connectivity index (χ1) is 20.5. The second-order valence-corrected chi connectivity index (χ2v) is 12.9. The second-order valence-electron chi connectivity index (χ2n) is 11.0. The molecule has 6 rings (SSSR count). The van der Waals surface area contributed by atoms with Gasteiger partial charge in [-0.1, -0.05) is 38.1 Å². The zero-order valence-corrected chi connectivity index (χ0v) is 31.5. The molecule has 2 aromatic carbocycles. The van der Waals surface area contributed by atoms with E-state index in [2.05, 4.69) is 29.7 Å². The third-order valence-corrected chi connectivity index (χ3v) is 9.84. The molecule has 258 valence electrons. The third-order valence-electron chi connectivity index (χ3n) is 7.63. The fourth-order valence-corrected chi connectivity index (χ4v) is 6.64. The molecule has 8 nitrogen and oxygen atoms in total. The van der Waals surface area contributed by atoms with E-state index < -0.39 is 11.1 Å². The topological polar surface area (TPSA) is 147 Å². The molecule has 0 aliphatic carbocycles. The summed E-state index contributed by atoms with van der Waals surface area (Å²) in [6, 6.07) is 20.1. The molecule has 0 saturated carbocycles. The maximum atomic E-state index is 6.55. The van der Waals surface area contributed by atoms with Crippen LogP contribution < -0.4 is 43.0 Å². The Bertz CT molecular complexity index is 1660. The van der Waals surface area contributed by atoms with E-state index in [0.29, 0.717) is 11.6 Å². The summed E-state index contributed by atoms with van der Waals surface area (Å²) < 4.78 is 11.7. The van der Waals surface area contributed by atoms with E-state index in [1.54, 1.807) is 22.7 Å². The van der Waals surface area contributed by atoms with Crippen molar-refractivity contribution in [3.63, 3.8) is 0 Å². The average Bonchev–Trinajstić information content (AvgIpc) is 3.73. The van der Waals surface area contributed by atoms with Gasteiger partial charge in [-0.2, -0.15) is 0 Å². The number of anilines is 2. The Labute approximate surface area is 310 Å². The highest BCUT2D eigenvalue weighted by Crippen LogP contribution is 2.39. The van der Waals surface area contributed by atoms with Gasteiger partial charge in [0, 0.05) is 22.6 Å². The lowest BCUT2D eigenvalue weighted by atomic mass is 9.91. The predicted molar refractivity (Wildman–Crippen MR) is 208 cm³/mol. The first kappa shape index (κ1) is 42.2. The number of nitrogens with one attached hydrogen (secondary N) is 2. The van der Waals surface area contributed by atoms with E-state index in [1.807, 2.05) is 80.1 Å². The van der Waals surface area contributed by atoms with Crippen LogP contribution in [0.25, 0.3) is 0 Å². The van der Waals surface area contributed by atoms with Crippen molar-refractivity contribution in [3.8, 4) is 11.5 Å². The highest BCUT2D eigenvalue weighted by molar-refractivity contribution is 7.10. The van der Waals surface area contributed by atoms with E-state index in [-0.39, 0.29) is 49.6 Å². The van der Waals surface area contributed by atoms with Crippen molar-refractivity contribution in [2.75, 3.05) is 10.6 Å². The zero-order valence-electron chi connectivity index (χ0n) is 26.6. The van der Waals surface area contributed by atoms with Crippen molar-refractivity contribution in [1.29, 1.82) is 0 Å². The Hall–Kier alpha value is -2.80. The molecule has 0 fully saturated rings. The number of allylic oxidation sites excluding steroid dienone is 2.